The lowest BCUT2D eigenvalue weighted by molar-refractivity contribution is 0.326. The van der Waals surface area contributed by atoms with Crippen LogP contribution in [0, 0.1) is 6.92 Å². The number of aromatic nitrogens is 1. The van der Waals surface area contributed by atoms with E-state index >= 15 is 0 Å². The molecular weight excluding hydrogens is 346 g/mol. The van der Waals surface area contributed by atoms with Crippen LogP contribution in [0.3, 0.4) is 0 Å². The molecule has 3 aromatic carbocycles. The molecule has 0 saturated heterocycles. The molecule has 1 heterocycles. The zero-order valence-corrected chi connectivity index (χ0v) is 14.9. The van der Waals surface area contributed by atoms with Gasteiger partial charge in [-0.2, -0.15) is 4.74 Å². The SMILES string of the molecule is Cc1cc(Cl)ccc1-n1oc(=O)c(-c2ccccc2)c1-c1ccccc1. The van der Waals surface area contributed by atoms with E-state index in [0.717, 1.165) is 28.1 Å². The fourth-order valence-corrected chi connectivity index (χ4v) is 3.33. The van der Waals surface area contributed by atoms with Crippen molar-refractivity contribution >= 4 is 11.6 Å². The maximum absolute atomic E-state index is 12.8. The van der Waals surface area contributed by atoms with E-state index < -0.39 is 0 Å². The lowest BCUT2D eigenvalue weighted by Gasteiger charge is -2.11. The van der Waals surface area contributed by atoms with Crippen molar-refractivity contribution in [1.82, 2.24) is 4.74 Å². The lowest BCUT2D eigenvalue weighted by atomic mass is 10.0. The maximum Gasteiger partial charge on any atom is 0.366 e. The van der Waals surface area contributed by atoms with Crippen LogP contribution in [0.4, 0.5) is 0 Å². The highest BCUT2D eigenvalue weighted by molar-refractivity contribution is 6.30. The molecule has 0 aliphatic carbocycles. The van der Waals surface area contributed by atoms with Crippen molar-refractivity contribution in [2.24, 2.45) is 0 Å². The summed E-state index contributed by atoms with van der Waals surface area (Å²) in [5.41, 5.74) is 4.35. The van der Waals surface area contributed by atoms with Gasteiger partial charge in [-0.05, 0) is 36.2 Å². The largest absolute Gasteiger partial charge is 0.366 e. The number of benzene rings is 3. The minimum atomic E-state index is -0.371. The van der Waals surface area contributed by atoms with E-state index in [1.807, 2.05) is 79.7 Å². The van der Waals surface area contributed by atoms with Crippen LogP contribution >= 0.6 is 11.6 Å². The number of rotatable bonds is 3. The monoisotopic (exact) mass is 361 g/mol. The highest BCUT2D eigenvalue weighted by Gasteiger charge is 2.22. The Morgan fingerprint density at radius 3 is 2.08 bits per heavy atom. The van der Waals surface area contributed by atoms with E-state index in [1.165, 1.54) is 0 Å². The van der Waals surface area contributed by atoms with E-state index in [-0.39, 0.29) is 5.63 Å². The fourth-order valence-electron chi connectivity index (χ4n) is 3.11. The fraction of sp³-hybridized carbons (Fsp3) is 0.0455. The minimum absolute atomic E-state index is 0.371. The first-order chi connectivity index (χ1) is 12.6. The molecule has 0 aliphatic heterocycles. The minimum Gasteiger partial charge on any atom is -0.330 e. The Kier molecular flexibility index (Phi) is 4.23. The van der Waals surface area contributed by atoms with Crippen LogP contribution in [-0.4, -0.2) is 4.74 Å². The zero-order chi connectivity index (χ0) is 18.1. The van der Waals surface area contributed by atoms with Gasteiger partial charge in [0.1, 0.15) is 5.69 Å². The zero-order valence-electron chi connectivity index (χ0n) is 14.1. The molecule has 26 heavy (non-hydrogen) atoms. The molecule has 1 aromatic heterocycles. The molecule has 4 heteroatoms. The van der Waals surface area contributed by atoms with Gasteiger partial charge < -0.3 is 4.52 Å². The van der Waals surface area contributed by atoms with E-state index in [2.05, 4.69) is 0 Å². The predicted molar refractivity (Wildman–Crippen MR) is 105 cm³/mol. The van der Waals surface area contributed by atoms with E-state index in [1.54, 1.807) is 10.8 Å². The second kappa shape index (κ2) is 6.70. The number of halogens is 1. The van der Waals surface area contributed by atoms with Crippen LogP contribution in [0.1, 0.15) is 5.56 Å². The summed E-state index contributed by atoms with van der Waals surface area (Å²) < 4.78 is 7.28. The summed E-state index contributed by atoms with van der Waals surface area (Å²) in [5, 5.41) is 0.644. The van der Waals surface area contributed by atoms with Crippen LogP contribution in [0.2, 0.25) is 5.02 Å². The van der Waals surface area contributed by atoms with Gasteiger partial charge in [-0.3, -0.25) is 0 Å². The molecule has 3 nitrogen and oxygen atoms in total. The first-order valence-electron chi connectivity index (χ1n) is 8.29. The Labute approximate surface area is 156 Å². The van der Waals surface area contributed by atoms with Gasteiger partial charge in [0, 0.05) is 10.6 Å². The quantitative estimate of drug-likeness (QED) is 0.467. The predicted octanol–water partition coefficient (Wildman–Crippen LogP) is 5.73. The van der Waals surface area contributed by atoms with Crippen molar-refractivity contribution in [2.75, 3.05) is 0 Å². The number of hydrogen-bond acceptors (Lipinski definition) is 2. The Morgan fingerprint density at radius 1 is 0.846 bits per heavy atom. The van der Waals surface area contributed by atoms with Gasteiger partial charge in [0.05, 0.1) is 11.3 Å². The molecule has 128 valence electrons. The molecule has 4 rings (SSSR count). The van der Waals surface area contributed by atoms with Gasteiger partial charge in [0.15, 0.2) is 0 Å². The average molecular weight is 362 g/mol. The summed E-state index contributed by atoms with van der Waals surface area (Å²) in [4.78, 5) is 12.8. The Balaban J connectivity index is 2.06. The van der Waals surface area contributed by atoms with Gasteiger partial charge in [-0.15, -0.1) is 0 Å². The van der Waals surface area contributed by atoms with E-state index in [0.29, 0.717) is 10.6 Å². The molecule has 4 aromatic rings. The smallest absolute Gasteiger partial charge is 0.330 e. The molecule has 0 spiro atoms. The molecule has 0 aliphatic rings. The highest BCUT2D eigenvalue weighted by Crippen LogP contribution is 2.33. The van der Waals surface area contributed by atoms with Crippen molar-refractivity contribution in [3.05, 3.63) is 99.9 Å². The molecule has 0 saturated carbocycles. The normalized spacial score (nSPS) is 10.8. The van der Waals surface area contributed by atoms with Crippen LogP contribution in [-0.2, 0) is 0 Å². The topological polar surface area (TPSA) is 35.1 Å². The van der Waals surface area contributed by atoms with Gasteiger partial charge in [-0.1, -0.05) is 72.3 Å². The third kappa shape index (κ3) is 2.87. The maximum atomic E-state index is 12.8. The summed E-state index contributed by atoms with van der Waals surface area (Å²) in [6, 6.07) is 24.9. The Hall–Kier alpha value is -3.04. The molecule has 0 bridgehead atoms. The number of aryl methyl sites for hydroxylation is 1. The number of hydrogen-bond donors (Lipinski definition) is 0. The van der Waals surface area contributed by atoms with Crippen LogP contribution < -0.4 is 5.63 Å². The van der Waals surface area contributed by atoms with Crippen LogP contribution in [0.5, 0.6) is 0 Å². The summed E-state index contributed by atoms with van der Waals surface area (Å²) in [7, 11) is 0. The van der Waals surface area contributed by atoms with Crippen molar-refractivity contribution in [2.45, 2.75) is 6.92 Å². The van der Waals surface area contributed by atoms with E-state index in [4.69, 9.17) is 16.1 Å². The van der Waals surface area contributed by atoms with Gasteiger partial charge in [0.2, 0.25) is 0 Å². The summed E-state index contributed by atoms with van der Waals surface area (Å²) >= 11 is 6.09. The molecule has 0 atom stereocenters. The second-order valence-corrected chi connectivity index (χ2v) is 6.50. The van der Waals surface area contributed by atoms with Gasteiger partial charge in [0.25, 0.3) is 0 Å². The first-order valence-corrected chi connectivity index (χ1v) is 8.66. The third-order valence-electron chi connectivity index (χ3n) is 4.31. The van der Waals surface area contributed by atoms with Crippen molar-refractivity contribution in [3.8, 4) is 28.1 Å². The first kappa shape index (κ1) is 16.4. The van der Waals surface area contributed by atoms with Crippen LogP contribution in [0.25, 0.3) is 28.1 Å². The van der Waals surface area contributed by atoms with Crippen molar-refractivity contribution in [1.29, 1.82) is 0 Å². The molecule has 0 amide bonds. The van der Waals surface area contributed by atoms with Gasteiger partial charge >= 0.3 is 5.63 Å². The molecular formula is C22H16ClNO2. The molecule has 0 fully saturated rings. The van der Waals surface area contributed by atoms with Gasteiger partial charge in [-0.25, -0.2) is 4.79 Å². The number of nitrogens with zero attached hydrogens (tertiary/aromatic N) is 1. The lowest BCUT2D eigenvalue weighted by Crippen LogP contribution is -1.99. The van der Waals surface area contributed by atoms with Crippen LogP contribution in [0.15, 0.2) is 88.2 Å². The summed E-state index contributed by atoms with van der Waals surface area (Å²) in [6.07, 6.45) is 0. The average Bonchev–Trinajstić information content (AvgIpc) is 3.00. The summed E-state index contributed by atoms with van der Waals surface area (Å²) in [6.45, 7) is 1.94. The third-order valence-corrected chi connectivity index (χ3v) is 4.54. The van der Waals surface area contributed by atoms with Crippen molar-refractivity contribution < 1.29 is 4.52 Å². The Morgan fingerprint density at radius 2 is 1.46 bits per heavy atom. The molecule has 0 N–H and O–H groups in total. The molecule has 0 unspecified atom stereocenters. The highest BCUT2D eigenvalue weighted by atomic mass is 35.5. The van der Waals surface area contributed by atoms with Crippen molar-refractivity contribution in [3.63, 3.8) is 0 Å². The Bertz CT molecular complexity index is 1110. The second-order valence-electron chi connectivity index (χ2n) is 6.06. The molecule has 0 radical (unpaired) electrons. The van der Waals surface area contributed by atoms with E-state index in [9.17, 15) is 4.79 Å². The standard InChI is InChI=1S/C22H16ClNO2/c1-15-14-18(23)12-13-19(15)24-21(17-10-6-3-7-11-17)20(22(25)26-24)16-8-4-2-5-9-16/h2-14H,1H3. The summed E-state index contributed by atoms with van der Waals surface area (Å²) in [5.74, 6) is 0.